The van der Waals surface area contributed by atoms with Crippen LogP contribution < -0.4 is 15.4 Å². The first-order valence-corrected chi connectivity index (χ1v) is 12.1. The van der Waals surface area contributed by atoms with E-state index in [9.17, 15) is 22.4 Å². The number of halogens is 1. The van der Waals surface area contributed by atoms with E-state index in [-0.39, 0.29) is 43.4 Å². The second kappa shape index (κ2) is 12.8. The van der Waals surface area contributed by atoms with Crippen LogP contribution in [0.4, 0.5) is 14.9 Å². The standard InChI is InChI=1S/C22H27FN2O7S/c1-30-11-12-31-20-9-8-17(14-18(20)23)24-21(26)19(10-13-33(2,28)29)25-22(27)32-15-16-6-4-3-5-7-16/h3-9,14,19H,10-13,15H2,1-2H3,(H,24,26)(H,25,27). The molecular weight excluding hydrogens is 455 g/mol. The first kappa shape index (κ1) is 26.1. The smallest absolute Gasteiger partial charge is 0.408 e. The maximum Gasteiger partial charge on any atom is 0.408 e. The molecule has 0 aromatic heterocycles. The molecule has 0 spiro atoms. The molecular formula is C22H27FN2O7S. The number of rotatable bonds is 12. The van der Waals surface area contributed by atoms with Crippen molar-refractivity contribution in [1.29, 1.82) is 0 Å². The Hall–Kier alpha value is -3.18. The van der Waals surface area contributed by atoms with Crippen molar-refractivity contribution in [1.82, 2.24) is 5.32 Å². The molecule has 1 atom stereocenters. The molecule has 2 rings (SSSR count). The van der Waals surface area contributed by atoms with Gasteiger partial charge in [-0.1, -0.05) is 30.3 Å². The van der Waals surface area contributed by atoms with Gasteiger partial charge in [-0.15, -0.1) is 0 Å². The zero-order valence-electron chi connectivity index (χ0n) is 18.4. The van der Waals surface area contributed by atoms with Gasteiger partial charge < -0.3 is 24.8 Å². The van der Waals surface area contributed by atoms with Gasteiger partial charge in [0.05, 0.1) is 12.4 Å². The summed E-state index contributed by atoms with van der Waals surface area (Å²) in [6, 6.07) is 11.5. The molecule has 1 unspecified atom stereocenters. The van der Waals surface area contributed by atoms with E-state index >= 15 is 0 Å². The van der Waals surface area contributed by atoms with Crippen LogP contribution in [0, 0.1) is 5.82 Å². The largest absolute Gasteiger partial charge is 0.488 e. The van der Waals surface area contributed by atoms with Crippen molar-refractivity contribution in [3.8, 4) is 5.75 Å². The highest BCUT2D eigenvalue weighted by Gasteiger charge is 2.23. The van der Waals surface area contributed by atoms with Gasteiger partial charge in [-0.05, 0) is 24.1 Å². The normalized spacial score (nSPS) is 12.0. The Bertz CT molecular complexity index is 1030. The van der Waals surface area contributed by atoms with Crippen LogP contribution >= 0.6 is 0 Å². The molecule has 33 heavy (non-hydrogen) atoms. The van der Waals surface area contributed by atoms with Crippen LogP contribution in [-0.2, 0) is 30.7 Å². The Labute approximate surface area is 192 Å². The zero-order chi connectivity index (χ0) is 24.3. The monoisotopic (exact) mass is 482 g/mol. The molecule has 2 aromatic carbocycles. The third kappa shape index (κ3) is 9.87. The Balaban J connectivity index is 2.02. The van der Waals surface area contributed by atoms with Crippen LogP contribution in [-0.4, -0.2) is 58.8 Å². The molecule has 9 nitrogen and oxygen atoms in total. The molecule has 0 bridgehead atoms. The lowest BCUT2D eigenvalue weighted by Crippen LogP contribution is -2.45. The van der Waals surface area contributed by atoms with Crippen molar-refractivity contribution in [2.45, 2.75) is 19.1 Å². The number of hydrogen-bond acceptors (Lipinski definition) is 7. The number of alkyl carbamates (subject to hydrolysis) is 1. The second-order valence-electron chi connectivity index (χ2n) is 7.15. The average Bonchev–Trinajstić information content (AvgIpc) is 2.77. The summed E-state index contributed by atoms with van der Waals surface area (Å²) in [5.41, 5.74) is 0.855. The number of sulfone groups is 1. The van der Waals surface area contributed by atoms with Gasteiger partial charge in [0, 0.05) is 25.1 Å². The highest BCUT2D eigenvalue weighted by Crippen LogP contribution is 2.21. The van der Waals surface area contributed by atoms with Gasteiger partial charge in [0.25, 0.3) is 0 Å². The van der Waals surface area contributed by atoms with E-state index < -0.39 is 33.7 Å². The van der Waals surface area contributed by atoms with Crippen molar-refractivity contribution in [2.75, 3.05) is 37.6 Å². The SMILES string of the molecule is COCCOc1ccc(NC(=O)C(CCS(C)(=O)=O)NC(=O)OCc2ccccc2)cc1F. The number of ether oxygens (including phenoxy) is 3. The fourth-order valence-corrected chi connectivity index (χ4v) is 3.33. The van der Waals surface area contributed by atoms with Crippen molar-refractivity contribution in [3.63, 3.8) is 0 Å². The molecule has 0 heterocycles. The number of anilines is 1. The lowest BCUT2D eigenvalue weighted by atomic mass is 10.2. The van der Waals surface area contributed by atoms with E-state index in [1.54, 1.807) is 24.3 Å². The topological polar surface area (TPSA) is 120 Å². The minimum Gasteiger partial charge on any atom is -0.488 e. The van der Waals surface area contributed by atoms with Crippen LogP contribution in [0.15, 0.2) is 48.5 Å². The number of amides is 2. The van der Waals surface area contributed by atoms with Crippen LogP contribution in [0.2, 0.25) is 0 Å². The molecule has 2 amide bonds. The summed E-state index contributed by atoms with van der Waals surface area (Å²) in [7, 11) is -1.91. The Kier molecular flexibility index (Phi) is 10.1. The van der Waals surface area contributed by atoms with Crippen molar-refractivity contribution in [2.24, 2.45) is 0 Å². The van der Waals surface area contributed by atoms with Gasteiger partial charge >= 0.3 is 6.09 Å². The third-order valence-corrected chi connectivity index (χ3v) is 5.32. The zero-order valence-corrected chi connectivity index (χ0v) is 19.2. The van der Waals surface area contributed by atoms with E-state index in [1.807, 2.05) is 6.07 Å². The number of carbonyl (C=O) groups excluding carboxylic acids is 2. The number of hydrogen-bond donors (Lipinski definition) is 2. The van der Waals surface area contributed by atoms with Gasteiger partial charge in [-0.3, -0.25) is 4.79 Å². The number of carbonyl (C=O) groups is 2. The predicted molar refractivity (Wildman–Crippen MR) is 120 cm³/mol. The molecule has 0 aliphatic rings. The minimum atomic E-state index is -3.40. The molecule has 180 valence electrons. The van der Waals surface area contributed by atoms with Crippen molar-refractivity contribution < 1.29 is 36.6 Å². The van der Waals surface area contributed by atoms with Crippen LogP contribution in [0.3, 0.4) is 0 Å². The summed E-state index contributed by atoms with van der Waals surface area (Å²) in [5.74, 6) is -1.78. The first-order chi connectivity index (χ1) is 15.7. The van der Waals surface area contributed by atoms with Crippen LogP contribution in [0.1, 0.15) is 12.0 Å². The van der Waals surface area contributed by atoms with Crippen LogP contribution in [0.5, 0.6) is 5.75 Å². The van der Waals surface area contributed by atoms with E-state index in [2.05, 4.69) is 10.6 Å². The highest BCUT2D eigenvalue weighted by molar-refractivity contribution is 7.90. The predicted octanol–water partition coefficient (Wildman–Crippen LogP) is 2.52. The summed E-state index contributed by atoms with van der Waals surface area (Å²) < 4.78 is 52.5. The quantitative estimate of drug-likeness (QED) is 0.446. The lowest BCUT2D eigenvalue weighted by molar-refractivity contribution is -0.118. The molecule has 0 aliphatic carbocycles. The Morgan fingerprint density at radius 3 is 2.45 bits per heavy atom. The number of nitrogens with one attached hydrogen (secondary N) is 2. The summed E-state index contributed by atoms with van der Waals surface area (Å²) in [5, 5.41) is 4.84. The molecule has 11 heteroatoms. The first-order valence-electron chi connectivity index (χ1n) is 10.0. The van der Waals surface area contributed by atoms with Gasteiger partial charge in [0.1, 0.15) is 29.1 Å². The maximum atomic E-state index is 14.2. The fourth-order valence-electron chi connectivity index (χ4n) is 2.67. The Morgan fingerprint density at radius 1 is 1.09 bits per heavy atom. The van der Waals surface area contributed by atoms with Gasteiger partial charge in [-0.2, -0.15) is 0 Å². The summed E-state index contributed by atoms with van der Waals surface area (Å²) in [6.45, 7) is 0.413. The van der Waals surface area contributed by atoms with E-state index in [0.717, 1.165) is 17.9 Å². The minimum absolute atomic E-state index is 0.0127. The molecule has 0 radical (unpaired) electrons. The van der Waals surface area contributed by atoms with E-state index in [1.165, 1.54) is 19.2 Å². The fraction of sp³-hybridized carbons (Fsp3) is 0.364. The van der Waals surface area contributed by atoms with Gasteiger partial charge in [0.2, 0.25) is 5.91 Å². The van der Waals surface area contributed by atoms with Crippen LogP contribution in [0.25, 0.3) is 0 Å². The molecule has 0 saturated carbocycles. The summed E-state index contributed by atoms with van der Waals surface area (Å²) in [6.07, 6.45) is -0.0558. The van der Waals surface area contributed by atoms with E-state index in [4.69, 9.17) is 14.2 Å². The average molecular weight is 483 g/mol. The maximum absolute atomic E-state index is 14.2. The third-order valence-electron chi connectivity index (χ3n) is 4.34. The number of methoxy groups -OCH3 is 1. The molecule has 0 fully saturated rings. The highest BCUT2D eigenvalue weighted by atomic mass is 32.2. The van der Waals surface area contributed by atoms with Crippen molar-refractivity contribution >= 4 is 27.5 Å². The molecule has 0 saturated heterocycles. The molecule has 0 aliphatic heterocycles. The van der Waals surface area contributed by atoms with E-state index in [0.29, 0.717) is 0 Å². The second-order valence-corrected chi connectivity index (χ2v) is 9.41. The Morgan fingerprint density at radius 2 is 1.82 bits per heavy atom. The molecule has 2 aromatic rings. The van der Waals surface area contributed by atoms with Crippen molar-refractivity contribution in [3.05, 3.63) is 59.9 Å². The molecule has 2 N–H and O–H groups in total. The summed E-state index contributed by atoms with van der Waals surface area (Å²) in [4.78, 5) is 24.9. The van der Waals surface area contributed by atoms with Gasteiger partial charge in [-0.25, -0.2) is 17.6 Å². The van der Waals surface area contributed by atoms with Gasteiger partial charge in [0.15, 0.2) is 11.6 Å². The summed E-state index contributed by atoms with van der Waals surface area (Å²) >= 11 is 0. The number of benzene rings is 2. The lowest BCUT2D eigenvalue weighted by Gasteiger charge is -2.18.